The number of rotatable bonds is 4. The SMILES string of the molecule is CC(C)NC(=O)C1CCN(CCF)CC1. The molecule has 1 fully saturated rings. The molecular formula is C11H21FN2O. The Morgan fingerprint density at radius 2 is 2.07 bits per heavy atom. The third-order valence-corrected chi connectivity index (χ3v) is 2.79. The molecule has 4 heteroatoms. The summed E-state index contributed by atoms with van der Waals surface area (Å²) < 4.78 is 12.1. The maximum absolute atomic E-state index is 12.1. The minimum absolute atomic E-state index is 0.128. The van der Waals surface area contributed by atoms with E-state index in [4.69, 9.17) is 0 Å². The molecule has 1 N–H and O–H groups in total. The zero-order valence-corrected chi connectivity index (χ0v) is 9.63. The van der Waals surface area contributed by atoms with Crippen molar-refractivity contribution in [2.45, 2.75) is 32.7 Å². The highest BCUT2D eigenvalue weighted by atomic mass is 19.1. The van der Waals surface area contributed by atoms with Gasteiger partial charge >= 0.3 is 0 Å². The number of nitrogens with zero attached hydrogens (tertiary/aromatic N) is 1. The predicted molar refractivity (Wildman–Crippen MR) is 58.4 cm³/mol. The van der Waals surface area contributed by atoms with E-state index in [0.717, 1.165) is 25.9 Å². The highest BCUT2D eigenvalue weighted by Gasteiger charge is 2.24. The van der Waals surface area contributed by atoms with E-state index in [9.17, 15) is 9.18 Å². The molecule has 0 spiro atoms. The molecule has 1 rings (SSSR count). The summed E-state index contributed by atoms with van der Waals surface area (Å²) in [5.74, 6) is 0.285. The summed E-state index contributed by atoms with van der Waals surface area (Å²) in [6.07, 6.45) is 1.72. The third-order valence-electron chi connectivity index (χ3n) is 2.79. The fourth-order valence-corrected chi connectivity index (χ4v) is 1.94. The average Bonchev–Trinajstić information content (AvgIpc) is 2.18. The van der Waals surface area contributed by atoms with Gasteiger partial charge in [-0.1, -0.05) is 0 Å². The number of nitrogens with one attached hydrogen (secondary N) is 1. The van der Waals surface area contributed by atoms with Crippen molar-refractivity contribution < 1.29 is 9.18 Å². The maximum Gasteiger partial charge on any atom is 0.223 e. The standard InChI is InChI=1S/C11H21FN2O/c1-9(2)13-11(15)10-3-6-14(7-4-10)8-5-12/h9-10H,3-8H2,1-2H3,(H,13,15). The van der Waals surface area contributed by atoms with E-state index in [1.807, 2.05) is 13.8 Å². The van der Waals surface area contributed by atoms with Gasteiger partial charge in [0.2, 0.25) is 5.91 Å². The zero-order chi connectivity index (χ0) is 11.3. The Hall–Kier alpha value is -0.640. The van der Waals surface area contributed by atoms with Gasteiger partial charge in [0.15, 0.2) is 0 Å². The van der Waals surface area contributed by atoms with Crippen molar-refractivity contribution in [1.82, 2.24) is 10.2 Å². The van der Waals surface area contributed by atoms with Crippen molar-refractivity contribution in [2.75, 3.05) is 26.3 Å². The van der Waals surface area contributed by atoms with Crippen molar-refractivity contribution in [2.24, 2.45) is 5.92 Å². The van der Waals surface area contributed by atoms with Gasteiger partial charge in [-0.2, -0.15) is 0 Å². The lowest BCUT2D eigenvalue weighted by atomic mass is 9.96. The fraction of sp³-hybridized carbons (Fsp3) is 0.909. The predicted octanol–water partition coefficient (Wildman–Crippen LogP) is 1.19. The second-order valence-corrected chi connectivity index (χ2v) is 4.47. The van der Waals surface area contributed by atoms with Gasteiger partial charge in [0.1, 0.15) is 6.67 Å². The number of hydrogen-bond acceptors (Lipinski definition) is 2. The van der Waals surface area contributed by atoms with Crippen molar-refractivity contribution in [1.29, 1.82) is 0 Å². The number of carbonyl (C=O) groups excluding carboxylic acids is 1. The van der Waals surface area contributed by atoms with Crippen LogP contribution in [-0.2, 0) is 4.79 Å². The van der Waals surface area contributed by atoms with Crippen LogP contribution in [0.2, 0.25) is 0 Å². The number of carbonyl (C=O) groups is 1. The number of alkyl halides is 1. The van der Waals surface area contributed by atoms with Gasteiger partial charge in [-0.15, -0.1) is 0 Å². The van der Waals surface area contributed by atoms with Crippen LogP contribution in [0, 0.1) is 5.92 Å². The number of likely N-dealkylation sites (tertiary alicyclic amines) is 1. The molecule has 1 heterocycles. The Bertz CT molecular complexity index is 201. The summed E-state index contributed by atoms with van der Waals surface area (Å²) in [7, 11) is 0. The first-order valence-corrected chi connectivity index (χ1v) is 5.72. The molecule has 0 aromatic heterocycles. The monoisotopic (exact) mass is 216 g/mol. The van der Waals surface area contributed by atoms with Gasteiger partial charge < -0.3 is 10.2 Å². The summed E-state index contributed by atoms with van der Waals surface area (Å²) in [5, 5.41) is 2.93. The number of hydrogen-bond donors (Lipinski definition) is 1. The molecule has 0 aromatic rings. The summed E-state index contributed by atoms with van der Waals surface area (Å²) in [6, 6.07) is 0.210. The van der Waals surface area contributed by atoms with Gasteiger partial charge in [0, 0.05) is 18.5 Å². The number of amides is 1. The third kappa shape index (κ3) is 4.16. The van der Waals surface area contributed by atoms with Crippen LogP contribution in [0.1, 0.15) is 26.7 Å². The number of halogens is 1. The second kappa shape index (κ2) is 6.05. The van der Waals surface area contributed by atoms with Gasteiger partial charge in [0.25, 0.3) is 0 Å². The lowest BCUT2D eigenvalue weighted by Crippen LogP contribution is -2.42. The van der Waals surface area contributed by atoms with Crippen LogP contribution in [0.25, 0.3) is 0 Å². The van der Waals surface area contributed by atoms with E-state index in [0.29, 0.717) is 6.54 Å². The van der Waals surface area contributed by atoms with Crippen LogP contribution in [-0.4, -0.2) is 43.2 Å². The molecule has 0 bridgehead atoms. The number of piperidine rings is 1. The molecular weight excluding hydrogens is 195 g/mol. The lowest BCUT2D eigenvalue weighted by Gasteiger charge is -2.30. The summed E-state index contributed by atoms with van der Waals surface area (Å²) in [5.41, 5.74) is 0. The van der Waals surface area contributed by atoms with Crippen LogP contribution in [0.5, 0.6) is 0 Å². The molecule has 3 nitrogen and oxygen atoms in total. The highest BCUT2D eigenvalue weighted by molar-refractivity contribution is 5.78. The molecule has 88 valence electrons. The first-order valence-electron chi connectivity index (χ1n) is 5.72. The Morgan fingerprint density at radius 3 is 2.53 bits per heavy atom. The van der Waals surface area contributed by atoms with Crippen LogP contribution in [0.15, 0.2) is 0 Å². The normalized spacial score (nSPS) is 19.5. The van der Waals surface area contributed by atoms with E-state index >= 15 is 0 Å². The van der Waals surface area contributed by atoms with Crippen LogP contribution in [0.4, 0.5) is 4.39 Å². The van der Waals surface area contributed by atoms with Crippen molar-refractivity contribution >= 4 is 5.91 Å². The van der Waals surface area contributed by atoms with E-state index < -0.39 is 0 Å². The van der Waals surface area contributed by atoms with E-state index in [1.165, 1.54) is 0 Å². The summed E-state index contributed by atoms with van der Waals surface area (Å²) >= 11 is 0. The van der Waals surface area contributed by atoms with Crippen molar-refractivity contribution in [3.8, 4) is 0 Å². The molecule has 0 saturated carbocycles. The Labute approximate surface area is 91.0 Å². The Kier molecular flexibility index (Phi) is 5.02. The average molecular weight is 216 g/mol. The molecule has 1 amide bonds. The quantitative estimate of drug-likeness (QED) is 0.765. The highest BCUT2D eigenvalue weighted by Crippen LogP contribution is 2.17. The molecule has 0 unspecified atom stereocenters. The fourth-order valence-electron chi connectivity index (χ4n) is 1.94. The smallest absolute Gasteiger partial charge is 0.223 e. The first-order chi connectivity index (χ1) is 7.13. The van der Waals surface area contributed by atoms with Gasteiger partial charge in [-0.25, -0.2) is 4.39 Å². The zero-order valence-electron chi connectivity index (χ0n) is 9.63. The minimum Gasteiger partial charge on any atom is -0.354 e. The lowest BCUT2D eigenvalue weighted by molar-refractivity contribution is -0.126. The summed E-state index contributed by atoms with van der Waals surface area (Å²) in [4.78, 5) is 13.8. The van der Waals surface area contributed by atoms with Gasteiger partial charge in [-0.3, -0.25) is 4.79 Å². The molecule has 15 heavy (non-hydrogen) atoms. The molecule has 1 saturated heterocycles. The van der Waals surface area contributed by atoms with E-state index in [2.05, 4.69) is 10.2 Å². The topological polar surface area (TPSA) is 32.3 Å². The molecule has 1 aliphatic heterocycles. The molecule has 0 aliphatic carbocycles. The Morgan fingerprint density at radius 1 is 1.47 bits per heavy atom. The molecule has 0 aromatic carbocycles. The van der Waals surface area contributed by atoms with Crippen LogP contribution < -0.4 is 5.32 Å². The molecule has 1 aliphatic rings. The van der Waals surface area contributed by atoms with Gasteiger partial charge in [0.05, 0.1) is 0 Å². The molecule has 0 atom stereocenters. The van der Waals surface area contributed by atoms with Gasteiger partial charge in [-0.05, 0) is 39.8 Å². The Balaban J connectivity index is 2.27. The van der Waals surface area contributed by atoms with Crippen LogP contribution >= 0.6 is 0 Å². The maximum atomic E-state index is 12.1. The second-order valence-electron chi connectivity index (χ2n) is 4.47. The summed E-state index contributed by atoms with van der Waals surface area (Å²) in [6.45, 7) is 5.86. The van der Waals surface area contributed by atoms with E-state index in [-0.39, 0.29) is 24.5 Å². The minimum atomic E-state index is -0.289. The molecule has 0 radical (unpaired) electrons. The first kappa shape index (κ1) is 12.4. The largest absolute Gasteiger partial charge is 0.354 e. The van der Waals surface area contributed by atoms with Crippen LogP contribution in [0.3, 0.4) is 0 Å². The van der Waals surface area contributed by atoms with Crippen molar-refractivity contribution in [3.05, 3.63) is 0 Å². The van der Waals surface area contributed by atoms with E-state index in [1.54, 1.807) is 0 Å². The van der Waals surface area contributed by atoms with Crippen molar-refractivity contribution in [3.63, 3.8) is 0 Å².